The number of fused-ring (bicyclic) bond motifs is 2. The molecule has 0 atom stereocenters. The quantitative estimate of drug-likeness (QED) is 0.578. The van der Waals surface area contributed by atoms with Crippen molar-refractivity contribution in [3.63, 3.8) is 0 Å². The lowest BCUT2D eigenvalue weighted by Crippen LogP contribution is -2.12. The number of anilines is 1. The summed E-state index contributed by atoms with van der Waals surface area (Å²) in [5.74, 6) is 3.05. The van der Waals surface area contributed by atoms with Gasteiger partial charge in [-0.15, -0.1) is 0 Å². The van der Waals surface area contributed by atoms with E-state index in [-0.39, 0.29) is 6.79 Å². The van der Waals surface area contributed by atoms with Crippen molar-refractivity contribution in [3.8, 4) is 11.5 Å². The Kier molecular flexibility index (Phi) is 4.05. The summed E-state index contributed by atoms with van der Waals surface area (Å²) in [6, 6.07) is 16.3. The fourth-order valence-corrected chi connectivity index (χ4v) is 3.42. The van der Waals surface area contributed by atoms with E-state index in [1.807, 2.05) is 43.3 Å². The van der Waals surface area contributed by atoms with Gasteiger partial charge in [0, 0.05) is 24.2 Å². The molecule has 0 radical (unpaired) electrons. The summed E-state index contributed by atoms with van der Waals surface area (Å²) in [5.41, 5.74) is 4.36. The molecule has 5 rings (SSSR count). The van der Waals surface area contributed by atoms with E-state index < -0.39 is 0 Å². The van der Waals surface area contributed by atoms with Gasteiger partial charge in [-0.2, -0.15) is 14.6 Å². The van der Waals surface area contributed by atoms with Crippen molar-refractivity contribution < 1.29 is 9.47 Å². The van der Waals surface area contributed by atoms with Crippen LogP contribution in [0.2, 0.25) is 0 Å². The van der Waals surface area contributed by atoms with Crippen LogP contribution < -0.4 is 14.8 Å². The molecule has 28 heavy (non-hydrogen) atoms. The molecule has 0 spiro atoms. The molecule has 0 saturated heterocycles. The van der Waals surface area contributed by atoms with E-state index in [0.717, 1.165) is 40.6 Å². The second kappa shape index (κ2) is 6.84. The van der Waals surface area contributed by atoms with E-state index in [1.165, 1.54) is 11.9 Å². The topological polar surface area (TPSA) is 73.6 Å². The van der Waals surface area contributed by atoms with Crippen molar-refractivity contribution in [2.75, 3.05) is 12.1 Å². The molecule has 3 heterocycles. The zero-order valence-corrected chi connectivity index (χ0v) is 15.4. The van der Waals surface area contributed by atoms with Gasteiger partial charge in [0.15, 0.2) is 11.5 Å². The highest BCUT2D eigenvalue weighted by Gasteiger charge is 2.16. The maximum absolute atomic E-state index is 5.48. The van der Waals surface area contributed by atoms with E-state index >= 15 is 0 Å². The standard InChI is InChI=1S/C21H19N5O2/c1-14-17(9-15-5-3-2-4-6-15)20(26-21(25-14)23-12-24-26)22-11-16-7-8-18-19(10-16)28-13-27-18/h2-8,10,12,22H,9,11,13H2,1H3. The summed E-state index contributed by atoms with van der Waals surface area (Å²) < 4.78 is 12.6. The number of hydrogen-bond donors (Lipinski definition) is 1. The number of aromatic nitrogens is 4. The zero-order chi connectivity index (χ0) is 18.9. The SMILES string of the molecule is Cc1nc2ncnn2c(NCc2ccc3c(c2)OCO3)c1Cc1ccccc1. The largest absolute Gasteiger partial charge is 0.454 e. The van der Waals surface area contributed by atoms with Crippen molar-refractivity contribution in [3.05, 3.63) is 77.2 Å². The average Bonchev–Trinajstić information content (AvgIpc) is 3.37. The summed E-state index contributed by atoms with van der Waals surface area (Å²) in [4.78, 5) is 8.86. The highest BCUT2D eigenvalue weighted by molar-refractivity contribution is 5.55. The Morgan fingerprint density at radius 3 is 2.79 bits per heavy atom. The first-order valence-electron chi connectivity index (χ1n) is 9.13. The van der Waals surface area contributed by atoms with Crippen LogP contribution in [-0.2, 0) is 13.0 Å². The molecule has 0 amide bonds. The third kappa shape index (κ3) is 3.00. The Morgan fingerprint density at radius 1 is 1.04 bits per heavy atom. The molecule has 1 N–H and O–H groups in total. The molecule has 0 fully saturated rings. The Labute approximate surface area is 162 Å². The molecule has 2 aromatic heterocycles. The monoisotopic (exact) mass is 373 g/mol. The van der Waals surface area contributed by atoms with Gasteiger partial charge >= 0.3 is 0 Å². The molecule has 7 heteroatoms. The van der Waals surface area contributed by atoms with Gasteiger partial charge in [0.05, 0.1) is 0 Å². The first-order valence-corrected chi connectivity index (χ1v) is 9.13. The maximum Gasteiger partial charge on any atom is 0.254 e. The molecule has 0 aliphatic carbocycles. The molecule has 2 aromatic carbocycles. The van der Waals surface area contributed by atoms with Gasteiger partial charge < -0.3 is 14.8 Å². The minimum absolute atomic E-state index is 0.274. The number of benzene rings is 2. The molecular weight excluding hydrogens is 354 g/mol. The maximum atomic E-state index is 5.48. The van der Waals surface area contributed by atoms with Crippen molar-refractivity contribution in [2.24, 2.45) is 0 Å². The van der Waals surface area contributed by atoms with E-state index in [4.69, 9.17) is 9.47 Å². The molecular formula is C21H19N5O2. The van der Waals surface area contributed by atoms with E-state index in [9.17, 15) is 0 Å². The Balaban J connectivity index is 1.50. The molecule has 4 aromatic rings. The molecule has 0 bridgehead atoms. The van der Waals surface area contributed by atoms with Gasteiger partial charge in [0.25, 0.3) is 5.78 Å². The smallest absolute Gasteiger partial charge is 0.254 e. The van der Waals surface area contributed by atoms with Crippen LogP contribution in [0.15, 0.2) is 54.9 Å². The Morgan fingerprint density at radius 2 is 1.89 bits per heavy atom. The number of nitrogens with one attached hydrogen (secondary N) is 1. The van der Waals surface area contributed by atoms with Gasteiger partial charge in [-0.1, -0.05) is 36.4 Å². The van der Waals surface area contributed by atoms with Crippen LogP contribution >= 0.6 is 0 Å². The molecule has 7 nitrogen and oxygen atoms in total. The first-order chi connectivity index (χ1) is 13.8. The van der Waals surface area contributed by atoms with Gasteiger partial charge in [-0.25, -0.2) is 4.98 Å². The fourth-order valence-electron chi connectivity index (χ4n) is 3.42. The molecule has 0 saturated carbocycles. The van der Waals surface area contributed by atoms with Crippen LogP contribution in [0.3, 0.4) is 0 Å². The minimum Gasteiger partial charge on any atom is -0.454 e. The number of rotatable bonds is 5. The van der Waals surface area contributed by atoms with Crippen LogP contribution in [0.4, 0.5) is 5.82 Å². The number of nitrogens with zero attached hydrogens (tertiary/aromatic N) is 4. The predicted octanol–water partition coefficient (Wildman–Crippen LogP) is 3.36. The van der Waals surface area contributed by atoms with Gasteiger partial charge in [0.1, 0.15) is 12.1 Å². The summed E-state index contributed by atoms with van der Waals surface area (Å²) in [6.45, 7) is 2.91. The summed E-state index contributed by atoms with van der Waals surface area (Å²) in [6.07, 6.45) is 2.29. The van der Waals surface area contributed by atoms with Crippen LogP contribution in [0.25, 0.3) is 5.78 Å². The first kappa shape index (κ1) is 16.6. The van der Waals surface area contributed by atoms with Crippen LogP contribution in [0.5, 0.6) is 11.5 Å². The summed E-state index contributed by atoms with van der Waals surface area (Å²) in [7, 11) is 0. The van der Waals surface area contributed by atoms with Crippen LogP contribution in [0, 0.1) is 6.92 Å². The minimum atomic E-state index is 0.274. The fraction of sp³-hybridized carbons (Fsp3) is 0.190. The highest BCUT2D eigenvalue weighted by Crippen LogP contribution is 2.33. The van der Waals surface area contributed by atoms with E-state index in [1.54, 1.807) is 4.52 Å². The van der Waals surface area contributed by atoms with Gasteiger partial charge in [-0.3, -0.25) is 0 Å². The van der Waals surface area contributed by atoms with Crippen molar-refractivity contribution in [1.82, 2.24) is 19.6 Å². The second-order valence-corrected chi connectivity index (χ2v) is 6.70. The van der Waals surface area contributed by atoms with Crippen LogP contribution in [0.1, 0.15) is 22.4 Å². The highest BCUT2D eigenvalue weighted by atomic mass is 16.7. The normalized spacial score (nSPS) is 12.5. The number of hydrogen-bond acceptors (Lipinski definition) is 6. The second-order valence-electron chi connectivity index (χ2n) is 6.70. The molecule has 1 aliphatic heterocycles. The third-order valence-electron chi connectivity index (χ3n) is 4.85. The lowest BCUT2D eigenvalue weighted by molar-refractivity contribution is 0.174. The summed E-state index contributed by atoms with van der Waals surface area (Å²) >= 11 is 0. The number of ether oxygens (including phenoxy) is 2. The zero-order valence-electron chi connectivity index (χ0n) is 15.4. The molecule has 1 aliphatic rings. The Hall–Kier alpha value is -3.61. The van der Waals surface area contributed by atoms with Gasteiger partial charge in [0.2, 0.25) is 6.79 Å². The molecule has 140 valence electrons. The van der Waals surface area contributed by atoms with Crippen molar-refractivity contribution >= 4 is 11.6 Å². The predicted molar refractivity (Wildman–Crippen MR) is 105 cm³/mol. The average molecular weight is 373 g/mol. The van der Waals surface area contributed by atoms with Crippen LogP contribution in [-0.4, -0.2) is 26.4 Å². The molecule has 0 unspecified atom stereocenters. The van der Waals surface area contributed by atoms with Gasteiger partial charge in [-0.05, 0) is 30.2 Å². The van der Waals surface area contributed by atoms with E-state index in [0.29, 0.717) is 12.3 Å². The van der Waals surface area contributed by atoms with Crippen molar-refractivity contribution in [1.29, 1.82) is 0 Å². The Bertz CT molecular complexity index is 1140. The third-order valence-corrected chi connectivity index (χ3v) is 4.85. The van der Waals surface area contributed by atoms with Crippen molar-refractivity contribution in [2.45, 2.75) is 19.9 Å². The van der Waals surface area contributed by atoms with E-state index in [2.05, 4.69) is 32.5 Å². The lowest BCUT2D eigenvalue weighted by Gasteiger charge is -2.15. The summed E-state index contributed by atoms with van der Waals surface area (Å²) in [5, 5.41) is 7.90. The number of aryl methyl sites for hydroxylation is 1. The lowest BCUT2D eigenvalue weighted by atomic mass is 10.0.